The van der Waals surface area contributed by atoms with Crippen molar-refractivity contribution in [3.05, 3.63) is 182 Å². The Morgan fingerprint density at radius 1 is 0.339 bits per heavy atom. The van der Waals surface area contributed by atoms with Crippen LogP contribution in [0, 0.1) is 0 Å². The molecule has 0 fully saturated rings. The largest absolute Gasteiger partial charge is 0.309 e. The predicted octanol–water partition coefficient (Wildman–Crippen LogP) is 14.5. The van der Waals surface area contributed by atoms with Crippen LogP contribution in [0.3, 0.4) is 0 Å². The zero-order valence-corrected chi connectivity index (χ0v) is 31.6. The van der Waals surface area contributed by atoms with Crippen LogP contribution >= 0.6 is 0 Å². The van der Waals surface area contributed by atoms with Gasteiger partial charge in [-0.3, -0.25) is 4.40 Å². The van der Waals surface area contributed by atoms with Gasteiger partial charge in [0.2, 0.25) is 0 Å². The molecule has 270 valence electrons. The van der Waals surface area contributed by atoms with Crippen LogP contribution in [0.15, 0.2) is 182 Å². The Kier molecular flexibility index (Phi) is 5.38. The van der Waals surface area contributed by atoms with Gasteiger partial charge in [0.15, 0.2) is 0 Å². The van der Waals surface area contributed by atoms with Crippen molar-refractivity contribution < 1.29 is 0 Å². The highest BCUT2D eigenvalue weighted by Crippen LogP contribution is 2.49. The molecule has 0 unspecified atom stereocenters. The van der Waals surface area contributed by atoms with E-state index in [2.05, 4.69) is 195 Å². The normalized spacial score (nSPS) is 12.7. The molecule has 15 aromatic rings. The molecule has 0 atom stereocenters. The zero-order valence-electron chi connectivity index (χ0n) is 31.6. The molecule has 4 heteroatoms. The third-order valence-electron chi connectivity index (χ3n) is 13.5. The Morgan fingerprint density at radius 2 is 0.983 bits per heavy atom. The number of para-hydroxylation sites is 4. The van der Waals surface area contributed by atoms with Gasteiger partial charge in [0, 0.05) is 65.1 Å². The third kappa shape index (κ3) is 3.56. The van der Waals surface area contributed by atoms with Gasteiger partial charge < -0.3 is 8.97 Å². The lowest BCUT2D eigenvalue weighted by Gasteiger charge is -2.12. The van der Waals surface area contributed by atoms with Crippen molar-refractivity contribution >= 4 is 120 Å². The van der Waals surface area contributed by atoms with E-state index in [1.54, 1.807) is 0 Å². The van der Waals surface area contributed by atoms with E-state index in [9.17, 15) is 0 Å². The number of rotatable bonds is 2. The van der Waals surface area contributed by atoms with E-state index >= 15 is 0 Å². The minimum Gasteiger partial charge on any atom is -0.309 e. The summed E-state index contributed by atoms with van der Waals surface area (Å²) in [6.45, 7) is 0. The van der Waals surface area contributed by atoms with Crippen molar-refractivity contribution in [2.45, 2.75) is 0 Å². The summed E-state index contributed by atoms with van der Waals surface area (Å²) in [6.07, 6.45) is 2.14. The van der Waals surface area contributed by atoms with Gasteiger partial charge in [-0.1, -0.05) is 133 Å². The van der Waals surface area contributed by atoms with E-state index in [1.807, 2.05) is 0 Å². The fourth-order valence-corrected chi connectivity index (χ4v) is 11.2. The third-order valence-corrected chi connectivity index (χ3v) is 13.5. The predicted molar refractivity (Wildman–Crippen MR) is 248 cm³/mol. The minimum atomic E-state index is 1.00. The average Bonchev–Trinajstić information content (AvgIpc) is 4.09. The molecule has 0 saturated carbocycles. The quantitative estimate of drug-likeness (QED) is 0.173. The number of hydrogen-bond donors (Lipinski definition) is 0. The SMILES string of the molecule is c1ccc(-n2c3ccccc3c3cc(-c4c5ccccc5cc5c6cccc7c8c9c%10cccc%11c%12c%13ccccc%13ccc%12n(c9cnc8n(c45)c67)c%11%10)ccc32)cc1. The van der Waals surface area contributed by atoms with Gasteiger partial charge in [-0.25, -0.2) is 4.98 Å². The highest BCUT2D eigenvalue weighted by molar-refractivity contribution is 6.37. The van der Waals surface area contributed by atoms with Crippen molar-refractivity contribution in [2.75, 3.05) is 0 Å². The lowest BCUT2D eigenvalue weighted by atomic mass is 9.93. The maximum absolute atomic E-state index is 5.49. The molecule has 0 amide bonds. The summed E-state index contributed by atoms with van der Waals surface area (Å²) in [5, 5.41) is 17.6. The fraction of sp³-hybridized carbons (Fsp3) is 0. The summed E-state index contributed by atoms with van der Waals surface area (Å²) in [5.41, 5.74) is 13.1. The van der Waals surface area contributed by atoms with Crippen LogP contribution in [0.1, 0.15) is 0 Å². The van der Waals surface area contributed by atoms with Gasteiger partial charge in [-0.2, -0.15) is 0 Å². The first kappa shape index (κ1) is 30.2. The molecule has 0 aliphatic heterocycles. The molecule has 59 heavy (non-hydrogen) atoms. The highest BCUT2D eigenvalue weighted by atomic mass is 15.0. The lowest BCUT2D eigenvalue weighted by Crippen LogP contribution is -1.93. The second-order valence-corrected chi connectivity index (χ2v) is 16.3. The molecule has 0 saturated heterocycles. The summed E-state index contributed by atoms with van der Waals surface area (Å²) < 4.78 is 7.36. The Hall–Kier alpha value is -7.95. The zero-order chi connectivity index (χ0) is 38.1. The number of hydrogen-bond acceptors (Lipinski definition) is 1. The maximum Gasteiger partial charge on any atom is 0.146 e. The van der Waals surface area contributed by atoms with Crippen LogP contribution < -0.4 is 0 Å². The van der Waals surface area contributed by atoms with Crippen molar-refractivity contribution in [2.24, 2.45) is 0 Å². The molecule has 0 spiro atoms. The smallest absolute Gasteiger partial charge is 0.146 e. The summed E-state index contributed by atoms with van der Waals surface area (Å²) in [4.78, 5) is 5.49. The van der Waals surface area contributed by atoms with Gasteiger partial charge in [0.25, 0.3) is 0 Å². The van der Waals surface area contributed by atoms with Gasteiger partial charge in [0.1, 0.15) is 5.65 Å². The first-order valence-corrected chi connectivity index (χ1v) is 20.4. The summed E-state index contributed by atoms with van der Waals surface area (Å²) in [5.74, 6) is 0. The summed E-state index contributed by atoms with van der Waals surface area (Å²) in [7, 11) is 0. The molecule has 0 bridgehead atoms. The van der Waals surface area contributed by atoms with Crippen LogP contribution in [0.5, 0.6) is 0 Å². The Balaban J connectivity index is 1.11. The van der Waals surface area contributed by atoms with Gasteiger partial charge in [-0.05, 0) is 69.6 Å². The average molecular weight is 747 g/mol. The Morgan fingerprint density at radius 3 is 1.85 bits per heavy atom. The Bertz CT molecular complexity index is 4300. The van der Waals surface area contributed by atoms with Crippen LogP contribution in [0.25, 0.3) is 136 Å². The lowest BCUT2D eigenvalue weighted by molar-refractivity contribution is 1.18. The number of nitrogens with zero attached hydrogens (tertiary/aromatic N) is 4. The van der Waals surface area contributed by atoms with Gasteiger partial charge >= 0.3 is 0 Å². The number of fused-ring (bicyclic) bond motifs is 19. The Labute approximate surface area is 335 Å². The molecule has 15 rings (SSSR count). The topological polar surface area (TPSA) is 26.6 Å². The second-order valence-electron chi connectivity index (χ2n) is 16.3. The highest BCUT2D eigenvalue weighted by Gasteiger charge is 2.27. The molecule has 6 heterocycles. The number of pyridine rings is 1. The first-order chi connectivity index (χ1) is 29.3. The van der Waals surface area contributed by atoms with Crippen molar-refractivity contribution in [1.29, 1.82) is 0 Å². The molecular weight excluding hydrogens is 717 g/mol. The molecule has 0 N–H and O–H groups in total. The number of benzene rings is 9. The second kappa shape index (κ2) is 10.5. The first-order valence-electron chi connectivity index (χ1n) is 20.4. The van der Waals surface area contributed by atoms with Crippen LogP contribution in [-0.2, 0) is 0 Å². The standard InChI is InChI=1S/C55H30N4/c1-2-14-34(15-3-1)57-44-23-9-8-18-37(44)42-29-33(25-26-45(42)57)48-36-17-7-5-13-32(36)28-43-38-19-10-22-41-51-50-40-21-11-20-39-49-35-16-6-4-12-31(35)24-27-46(49)58(53(39)40)47(50)30-56-55(51)59(52(38)41)54(43)48/h1-30H. The van der Waals surface area contributed by atoms with E-state index in [0.717, 1.165) is 16.9 Å². The van der Waals surface area contributed by atoms with Crippen molar-refractivity contribution in [1.82, 2.24) is 18.4 Å². The van der Waals surface area contributed by atoms with Gasteiger partial charge in [0.05, 0.1) is 44.8 Å². The van der Waals surface area contributed by atoms with E-state index < -0.39 is 0 Å². The molecule has 0 aliphatic rings. The van der Waals surface area contributed by atoms with Crippen LogP contribution in [0.2, 0.25) is 0 Å². The molecule has 6 aromatic heterocycles. The molecule has 0 aliphatic carbocycles. The van der Waals surface area contributed by atoms with Crippen molar-refractivity contribution in [3.8, 4) is 16.8 Å². The van der Waals surface area contributed by atoms with E-state index in [1.165, 1.54) is 120 Å². The minimum absolute atomic E-state index is 1.00. The van der Waals surface area contributed by atoms with Gasteiger partial charge in [-0.15, -0.1) is 0 Å². The fourth-order valence-electron chi connectivity index (χ4n) is 11.2. The molecule has 4 nitrogen and oxygen atoms in total. The van der Waals surface area contributed by atoms with E-state index in [-0.39, 0.29) is 0 Å². The van der Waals surface area contributed by atoms with E-state index in [0.29, 0.717) is 0 Å². The van der Waals surface area contributed by atoms with Crippen LogP contribution in [-0.4, -0.2) is 18.4 Å². The molecule has 9 aromatic carbocycles. The summed E-state index contributed by atoms with van der Waals surface area (Å²) in [6, 6.07) is 65.0. The van der Waals surface area contributed by atoms with Crippen LogP contribution in [0.4, 0.5) is 0 Å². The summed E-state index contributed by atoms with van der Waals surface area (Å²) >= 11 is 0. The maximum atomic E-state index is 5.49. The van der Waals surface area contributed by atoms with Crippen molar-refractivity contribution in [3.63, 3.8) is 0 Å². The van der Waals surface area contributed by atoms with E-state index in [4.69, 9.17) is 4.98 Å². The molecular formula is C55H30N4. The number of aromatic nitrogens is 4. The monoisotopic (exact) mass is 746 g/mol. The molecule has 0 radical (unpaired) electrons.